The van der Waals surface area contributed by atoms with Crippen LogP contribution >= 0.6 is 0 Å². The molecule has 3 atom stereocenters. The highest BCUT2D eigenvalue weighted by molar-refractivity contribution is 5.99. The maximum Gasteiger partial charge on any atom is 0.274 e. The van der Waals surface area contributed by atoms with E-state index in [1.165, 1.54) is 10.8 Å². The average molecular weight is 518 g/mol. The number of aromatic hydroxyl groups is 1. The Labute approximate surface area is 209 Å². The van der Waals surface area contributed by atoms with Gasteiger partial charge in [-0.05, 0) is 19.8 Å². The third kappa shape index (κ3) is 3.85. The van der Waals surface area contributed by atoms with Gasteiger partial charge in [-0.25, -0.2) is 13.2 Å². The van der Waals surface area contributed by atoms with Crippen LogP contribution in [-0.4, -0.2) is 63.4 Å². The second-order valence-electron chi connectivity index (χ2n) is 10.2. The van der Waals surface area contributed by atoms with Gasteiger partial charge in [0.1, 0.15) is 23.0 Å². The second kappa shape index (κ2) is 8.63. The van der Waals surface area contributed by atoms with Gasteiger partial charge >= 0.3 is 0 Å². The molecule has 2 N–H and O–H groups in total. The van der Waals surface area contributed by atoms with Crippen LogP contribution in [0.3, 0.4) is 0 Å². The molecule has 3 aliphatic rings. The molecule has 2 bridgehead atoms. The van der Waals surface area contributed by atoms with E-state index < -0.39 is 69.6 Å². The number of benzene rings is 1. The molecule has 37 heavy (non-hydrogen) atoms. The zero-order valence-corrected chi connectivity index (χ0v) is 20.2. The third-order valence-electron chi connectivity index (χ3n) is 7.94. The van der Waals surface area contributed by atoms with E-state index in [0.717, 1.165) is 0 Å². The Morgan fingerprint density at radius 3 is 2.49 bits per heavy atom. The quantitative estimate of drug-likeness (QED) is 0.645. The van der Waals surface area contributed by atoms with Gasteiger partial charge in [-0.3, -0.25) is 19.2 Å². The summed E-state index contributed by atoms with van der Waals surface area (Å²) >= 11 is 0. The number of carbonyl (C=O) groups excluding carboxylic acids is 3. The Kier molecular flexibility index (Phi) is 5.80. The number of hydrogen-bond donors (Lipinski definition) is 2. The van der Waals surface area contributed by atoms with Crippen LogP contribution < -0.4 is 10.7 Å². The van der Waals surface area contributed by atoms with Crippen LogP contribution in [0.25, 0.3) is 0 Å². The maximum atomic E-state index is 14.0. The fraction of sp³-hybridized carbons (Fsp3) is 0.440. The van der Waals surface area contributed by atoms with Gasteiger partial charge in [-0.1, -0.05) is 0 Å². The molecule has 2 fully saturated rings. The molecule has 3 aliphatic heterocycles. The van der Waals surface area contributed by atoms with Crippen LogP contribution in [0.2, 0.25) is 0 Å². The number of rotatable bonds is 3. The summed E-state index contributed by atoms with van der Waals surface area (Å²) in [5, 5.41) is 13.0. The highest BCUT2D eigenvalue weighted by Gasteiger charge is 2.54. The molecule has 12 heteroatoms. The normalized spacial score (nSPS) is 24.9. The molecule has 1 aromatic heterocycles. The second-order valence-corrected chi connectivity index (χ2v) is 10.2. The first-order valence-electron chi connectivity index (χ1n) is 11.9. The molecule has 0 saturated carbocycles. The first kappa shape index (κ1) is 24.8. The third-order valence-corrected chi connectivity index (χ3v) is 7.94. The molecular formula is C25H25F3N4O5. The zero-order valence-electron chi connectivity index (χ0n) is 20.2. The van der Waals surface area contributed by atoms with Crippen molar-refractivity contribution in [3.05, 3.63) is 62.8 Å². The molecular weight excluding hydrogens is 493 g/mol. The minimum atomic E-state index is -1.21. The molecule has 5 rings (SSSR count). The lowest BCUT2D eigenvalue weighted by Gasteiger charge is -2.43. The number of halogens is 3. The summed E-state index contributed by atoms with van der Waals surface area (Å²) in [4.78, 5) is 55.0. The summed E-state index contributed by atoms with van der Waals surface area (Å²) in [5.41, 5.74) is -3.11. The minimum Gasteiger partial charge on any atom is -0.503 e. The van der Waals surface area contributed by atoms with Crippen molar-refractivity contribution in [3.63, 3.8) is 0 Å². The molecule has 9 nitrogen and oxygen atoms in total. The molecule has 1 aromatic carbocycles. The van der Waals surface area contributed by atoms with Crippen molar-refractivity contribution in [2.24, 2.45) is 5.41 Å². The summed E-state index contributed by atoms with van der Waals surface area (Å²) in [6.45, 7) is 1.82. The van der Waals surface area contributed by atoms with Crippen molar-refractivity contribution in [2.75, 3.05) is 20.1 Å². The predicted octanol–water partition coefficient (Wildman–Crippen LogP) is 1.93. The Morgan fingerprint density at radius 1 is 1.19 bits per heavy atom. The number of nitrogens with one attached hydrogen (secondary N) is 1. The van der Waals surface area contributed by atoms with Gasteiger partial charge in [-0.2, -0.15) is 0 Å². The molecule has 0 radical (unpaired) electrons. The van der Waals surface area contributed by atoms with E-state index in [-0.39, 0.29) is 30.6 Å². The molecule has 4 heterocycles. The van der Waals surface area contributed by atoms with Crippen molar-refractivity contribution in [2.45, 2.75) is 44.8 Å². The van der Waals surface area contributed by atoms with Gasteiger partial charge in [0.25, 0.3) is 11.8 Å². The topological polar surface area (TPSA) is 112 Å². The minimum absolute atomic E-state index is 0.0638. The number of pyridine rings is 1. The number of aromatic nitrogens is 1. The van der Waals surface area contributed by atoms with Gasteiger partial charge in [0, 0.05) is 68.5 Å². The lowest BCUT2D eigenvalue weighted by molar-refractivity contribution is -0.126. The maximum absolute atomic E-state index is 14.0. The summed E-state index contributed by atoms with van der Waals surface area (Å²) in [5.74, 6) is -6.11. The molecule has 3 amide bonds. The van der Waals surface area contributed by atoms with E-state index in [9.17, 15) is 37.5 Å². The summed E-state index contributed by atoms with van der Waals surface area (Å²) in [7, 11) is 1.69. The highest BCUT2D eigenvalue weighted by atomic mass is 19.1. The van der Waals surface area contributed by atoms with Crippen LogP contribution in [0.4, 0.5) is 13.2 Å². The first-order valence-corrected chi connectivity index (χ1v) is 11.9. The highest BCUT2D eigenvalue weighted by Crippen LogP contribution is 2.50. The smallest absolute Gasteiger partial charge is 0.274 e. The first-order chi connectivity index (χ1) is 17.4. The van der Waals surface area contributed by atoms with Crippen molar-refractivity contribution in [3.8, 4) is 5.75 Å². The monoisotopic (exact) mass is 518 g/mol. The van der Waals surface area contributed by atoms with E-state index >= 15 is 0 Å². The van der Waals surface area contributed by atoms with E-state index in [1.54, 1.807) is 16.8 Å². The van der Waals surface area contributed by atoms with Crippen LogP contribution in [0, 0.1) is 22.9 Å². The lowest BCUT2D eigenvalue weighted by atomic mass is 9.75. The van der Waals surface area contributed by atoms with Crippen LogP contribution in [0.5, 0.6) is 5.75 Å². The van der Waals surface area contributed by atoms with Crippen LogP contribution in [0.1, 0.15) is 58.6 Å². The number of amides is 3. The number of nitrogens with zero attached hydrogens (tertiary/aromatic N) is 3. The lowest BCUT2D eigenvalue weighted by Crippen LogP contribution is -2.50. The Balaban J connectivity index is 1.56. The number of fused-ring (bicyclic) bond motifs is 5. The van der Waals surface area contributed by atoms with Gasteiger partial charge in [-0.15, -0.1) is 0 Å². The van der Waals surface area contributed by atoms with E-state index in [0.29, 0.717) is 31.5 Å². The predicted molar refractivity (Wildman–Crippen MR) is 123 cm³/mol. The van der Waals surface area contributed by atoms with Gasteiger partial charge in [0.05, 0.1) is 6.04 Å². The number of hydrogen-bond acceptors (Lipinski definition) is 5. The zero-order chi connectivity index (χ0) is 26.8. The SMILES string of the molecule is C[C@H]1CC[C@]2(CC(=O)N(C)C2)[C@H]2CN1C(=O)c1c(O)c(=O)c(C(=O)NCc3c(F)cc(F)cc3F)cn12. The largest absolute Gasteiger partial charge is 0.503 e. The van der Waals surface area contributed by atoms with E-state index in [1.807, 2.05) is 6.92 Å². The standard InChI is InChI=1S/C25H25F3N4O5/c1-12-3-4-25(7-19(33)30(2)11-25)18-10-31(12)24(37)20-22(35)21(34)15(9-32(18)20)23(36)29-8-14-16(27)5-13(26)6-17(14)28/h5-6,9,12,18,35H,3-4,7-8,10-11H2,1-2H3,(H,29,36)/t12-,18+,25+/m0/s1. The van der Waals surface area contributed by atoms with Crippen molar-refractivity contribution >= 4 is 17.7 Å². The Bertz CT molecular complexity index is 1390. The fourth-order valence-electron chi connectivity index (χ4n) is 5.87. The van der Waals surface area contributed by atoms with Crippen LogP contribution in [0.15, 0.2) is 23.1 Å². The van der Waals surface area contributed by atoms with Gasteiger partial charge < -0.3 is 24.8 Å². The van der Waals surface area contributed by atoms with Crippen molar-refractivity contribution in [1.29, 1.82) is 0 Å². The van der Waals surface area contributed by atoms with E-state index in [4.69, 9.17) is 0 Å². The Hall–Kier alpha value is -3.83. The summed E-state index contributed by atoms with van der Waals surface area (Å²) < 4.78 is 42.6. The summed E-state index contributed by atoms with van der Waals surface area (Å²) in [6.07, 6.45) is 2.60. The van der Waals surface area contributed by atoms with Crippen molar-refractivity contribution < 1.29 is 32.7 Å². The molecule has 0 aliphatic carbocycles. The molecule has 1 spiro atoms. The fourth-order valence-corrected chi connectivity index (χ4v) is 5.87. The van der Waals surface area contributed by atoms with Gasteiger partial charge in [0.15, 0.2) is 11.4 Å². The Morgan fingerprint density at radius 2 is 1.86 bits per heavy atom. The number of likely N-dealkylation sites (tertiary alicyclic amines) is 1. The van der Waals surface area contributed by atoms with E-state index in [2.05, 4.69) is 5.32 Å². The summed E-state index contributed by atoms with van der Waals surface area (Å²) in [6, 6.07) is 0.230. The molecule has 2 aromatic rings. The molecule has 196 valence electrons. The van der Waals surface area contributed by atoms with Crippen molar-refractivity contribution in [1.82, 2.24) is 19.7 Å². The molecule has 0 unspecified atom stereocenters. The van der Waals surface area contributed by atoms with Gasteiger partial charge in [0.2, 0.25) is 11.3 Å². The van der Waals surface area contributed by atoms with Crippen LogP contribution in [-0.2, 0) is 11.3 Å². The molecule has 2 saturated heterocycles. The number of carbonyl (C=O) groups is 3. The average Bonchev–Trinajstić information content (AvgIpc) is 3.05.